The quantitative estimate of drug-likeness (QED) is 0.839. The van der Waals surface area contributed by atoms with Crippen molar-refractivity contribution in [2.45, 2.75) is 52.4 Å². The van der Waals surface area contributed by atoms with Crippen molar-refractivity contribution >= 4 is 11.6 Å². The number of anilines is 1. The van der Waals surface area contributed by atoms with Gasteiger partial charge in [-0.15, -0.1) is 0 Å². The fraction of sp³-hybridized carbons (Fsp3) is 0.588. The van der Waals surface area contributed by atoms with Crippen LogP contribution in [0.4, 0.5) is 5.69 Å². The van der Waals surface area contributed by atoms with Crippen LogP contribution in [0.3, 0.4) is 0 Å². The maximum absolute atomic E-state index is 12.2. The number of rotatable bonds is 4. The van der Waals surface area contributed by atoms with Gasteiger partial charge in [-0.2, -0.15) is 0 Å². The number of carbonyl (C=O) groups excluding carboxylic acids is 1. The van der Waals surface area contributed by atoms with Crippen LogP contribution in [0.2, 0.25) is 0 Å². The first-order valence-electron chi connectivity index (χ1n) is 7.43. The molecule has 2 nitrogen and oxygen atoms in total. The standard InChI is InChI=1S/C17H25NO/c1-17(2,14-9-5-3-6-10-14)13-16(19)18-15-11-7-4-8-12-15/h4,7-8,11-12,14H,3,5-6,9-10,13H2,1-2H3,(H,18,19). The second-order valence-corrected chi connectivity index (χ2v) is 6.41. The van der Waals surface area contributed by atoms with E-state index in [0.29, 0.717) is 12.3 Å². The third-order valence-electron chi connectivity index (χ3n) is 4.38. The summed E-state index contributed by atoms with van der Waals surface area (Å²) in [4.78, 5) is 12.2. The Labute approximate surface area is 116 Å². The van der Waals surface area contributed by atoms with E-state index in [1.807, 2.05) is 30.3 Å². The van der Waals surface area contributed by atoms with Crippen molar-refractivity contribution in [2.24, 2.45) is 11.3 Å². The largest absolute Gasteiger partial charge is 0.326 e. The first-order valence-corrected chi connectivity index (χ1v) is 7.43. The zero-order valence-corrected chi connectivity index (χ0v) is 12.1. The van der Waals surface area contributed by atoms with Gasteiger partial charge in [-0.3, -0.25) is 4.79 Å². The molecule has 19 heavy (non-hydrogen) atoms. The Morgan fingerprint density at radius 1 is 1.16 bits per heavy atom. The van der Waals surface area contributed by atoms with E-state index in [9.17, 15) is 4.79 Å². The highest BCUT2D eigenvalue weighted by Gasteiger charge is 2.32. The van der Waals surface area contributed by atoms with Gasteiger partial charge in [0.25, 0.3) is 0 Å². The minimum Gasteiger partial charge on any atom is -0.326 e. The Balaban J connectivity index is 1.90. The van der Waals surface area contributed by atoms with Crippen molar-refractivity contribution in [1.29, 1.82) is 0 Å². The van der Waals surface area contributed by atoms with Crippen LogP contribution < -0.4 is 5.32 Å². The van der Waals surface area contributed by atoms with Crippen LogP contribution >= 0.6 is 0 Å². The van der Waals surface area contributed by atoms with Gasteiger partial charge in [0.2, 0.25) is 5.91 Å². The monoisotopic (exact) mass is 259 g/mol. The molecule has 1 N–H and O–H groups in total. The molecule has 0 spiro atoms. The maximum atomic E-state index is 12.2. The molecule has 0 unspecified atom stereocenters. The number of hydrogen-bond acceptors (Lipinski definition) is 1. The molecule has 1 amide bonds. The lowest BCUT2D eigenvalue weighted by Gasteiger charge is -2.36. The van der Waals surface area contributed by atoms with Gasteiger partial charge in [0.05, 0.1) is 0 Å². The predicted molar refractivity (Wildman–Crippen MR) is 80.0 cm³/mol. The highest BCUT2D eigenvalue weighted by Crippen LogP contribution is 2.40. The Bertz CT molecular complexity index is 405. The lowest BCUT2D eigenvalue weighted by atomic mass is 9.69. The molecule has 0 heterocycles. The Kier molecular flexibility index (Phi) is 4.62. The van der Waals surface area contributed by atoms with Crippen molar-refractivity contribution in [3.05, 3.63) is 30.3 Å². The molecule has 2 rings (SSSR count). The molecule has 0 atom stereocenters. The van der Waals surface area contributed by atoms with E-state index < -0.39 is 0 Å². The van der Waals surface area contributed by atoms with Crippen LogP contribution in [0.5, 0.6) is 0 Å². The molecular formula is C17H25NO. The molecule has 1 aliphatic rings. The van der Waals surface area contributed by atoms with Gasteiger partial charge in [-0.25, -0.2) is 0 Å². The molecule has 1 aromatic rings. The average Bonchev–Trinajstić information content (AvgIpc) is 2.40. The smallest absolute Gasteiger partial charge is 0.224 e. The molecule has 1 aliphatic carbocycles. The molecule has 1 saturated carbocycles. The highest BCUT2D eigenvalue weighted by molar-refractivity contribution is 5.91. The summed E-state index contributed by atoms with van der Waals surface area (Å²) in [5.41, 5.74) is 1.01. The second-order valence-electron chi connectivity index (χ2n) is 6.41. The fourth-order valence-electron chi connectivity index (χ4n) is 3.17. The Hall–Kier alpha value is -1.31. The maximum Gasteiger partial charge on any atom is 0.224 e. The van der Waals surface area contributed by atoms with E-state index in [1.54, 1.807) is 0 Å². The molecule has 1 fully saturated rings. The van der Waals surface area contributed by atoms with Gasteiger partial charge in [0.1, 0.15) is 0 Å². The van der Waals surface area contributed by atoms with Crippen LogP contribution in [0.1, 0.15) is 52.4 Å². The summed E-state index contributed by atoms with van der Waals surface area (Å²) in [5.74, 6) is 0.838. The number of para-hydroxylation sites is 1. The predicted octanol–water partition coefficient (Wildman–Crippen LogP) is 4.62. The summed E-state index contributed by atoms with van der Waals surface area (Å²) < 4.78 is 0. The van der Waals surface area contributed by atoms with Crippen molar-refractivity contribution in [3.8, 4) is 0 Å². The van der Waals surface area contributed by atoms with E-state index in [-0.39, 0.29) is 11.3 Å². The van der Waals surface area contributed by atoms with Crippen molar-refractivity contribution in [1.82, 2.24) is 0 Å². The molecule has 0 saturated heterocycles. The van der Waals surface area contributed by atoms with E-state index in [0.717, 1.165) is 5.69 Å². The summed E-state index contributed by atoms with van der Waals surface area (Å²) in [5, 5.41) is 3.00. The van der Waals surface area contributed by atoms with Gasteiger partial charge in [0, 0.05) is 12.1 Å². The zero-order chi connectivity index (χ0) is 13.7. The SMILES string of the molecule is CC(C)(CC(=O)Nc1ccccc1)C1CCCCC1. The topological polar surface area (TPSA) is 29.1 Å². The minimum atomic E-state index is 0.110. The summed E-state index contributed by atoms with van der Waals surface area (Å²) in [6, 6.07) is 9.72. The van der Waals surface area contributed by atoms with Crippen LogP contribution in [-0.2, 0) is 4.79 Å². The number of carbonyl (C=O) groups is 1. The van der Waals surface area contributed by atoms with Crippen LogP contribution in [0.25, 0.3) is 0 Å². The van der Waals surface area contributed by atoms with Gasteiger partial charge < -0.3 is 5.32 Å². The summed E-state index contributed by atoms with van der Waals surface area (Å²) >= 11 is 0. The molecular weight excluding hydrogens is 234 g/mol. The summed E-state index contributed by atoms with van der Waals surface area (Å²) in [7, 11) is 0. The van der Waals surface area contributed by atoms with E-state index in [1.165, 1.54) is 32.1 Å². The van der Waals surface area contributed by atoms with Crippen LogP contribution in [-0.4, -0.2) is 5.91 Å². The molecule has 0 bridgehead atoms. The molecule has 0 aliphatic heterocycles. The first-order chi connectivity index (χ1) is 9.08. The lowest BCUT2D eigenvalue weighted by Crippen LogP contribution is -2.31. The fourth-order valence-corrected chi connectivity index (χ4v) is 3.17. The summed E-state index contributed by atoms with van der Waals surface area (Å²) in [6.45, 7) is 4.49. The van der Waals surface area contributed by atoms with E-state index in [2.05, 4.69) is 19.2 Å². The van der Waals surface area contributed by atoms with E-state index in [4.69, 9.17) is 0 Å². The Morgan fingerprint density at radius 2 is 1.79 bits per heavy atom. The number of hydrogen-bond donors (Lipinski definition) is 1. The molecule has 1 aromatic carbocycles. The van der Waals surface area contributed by atoms with Gasteiger partial charge in [-0.1, -0.05) is 51.3 Å². The van der Waals surface area contributed by atoms with E-state index >= 15 is 0 Å². The Morgan fingerprint density at radius 3 is 2.42 bits per heavy atom. The third-order valence-corrected chi connectivity index (χ3v) is 4.38. The molecule has 0 aromatic heterocycles. The average molecular weight is 259 g/mol. The van der Waals surface area contributed by atoms with Crippen molar-refractivity contribution in [2.75, 3.05) is 5.32 Å². The first kappa shape index (κ1) is 14.1. The number of nitrogens with one attached hydrogen (secondary N) is 1. The lowest BCUT2D eigenvalue weighted by molar-refractivity contribution is -0.119. The van der Waals surface area contributed by atoms with Gasteiger partial charge in [-0.05, 0) is 36.3 Å². The molecule has 2 heteroatoms. The molecule has 0 radical (unpaired) electrons. The summed E-state index contributed by atoms with van der Waals surface area (Å²) in [6.07, 6.45) is 7.20. The third kappa shape index (κ3) is 4.09. The van der Waals surface area contributed by atoms with Crippen molar-refractivity contribution < 1.29 is 4.79 Å². The number of amides is 1. The van der Waals surface area contributed by atoms with Gasteiger partial charge in [0.15, 0.2) is 0 Å². The van der Waals surface area contributed by atoms with Crippen LogP contribution in [0.15, 0.2) is 30.3 Å². The minimum absolute atomic E-state index is 0.110. The van der Waals surface area contributed by atoms with Gasteiger partial charge >= 0.3 is 0 Å². The second kappa shape index (κ2) is 6.23. The number of benzene rings is 1. The van der Waals surface area contributed by atoms with Crippen LogP contribution in [0, 0.1) is 11.3 Å². The molecule has 104 valence electrons. The highest BCUT2D eigenvalue weighted by atomic mass is 16.1. The van der Waals surface area contributed by atoms with Crippen molar-refractivity contribution in [3.63, 3.8) is 0 Å². The normalized spacial score (nSPS) is 17.2. The zero-order valence-electron chi connectivity index (χ0n) is 12.1.